The van der Waals surface area contributed by atoms with Gasteiger partial charge in [0.1, 0.15) is 5.82 Å². The smallest absolute Gasteiger partial charge is 0.324 e. The van der Waals surface area contributed by atoms with E-state index in [1.165, 1.54) is 11.4 Å². The van der Waals surface area contributed by atoms with Crippen molar-refractivity contribution >= 4 is 45.5 Å². The van der Waals surface area contributed by atoms with Crippen molar-refractivity contribution in [3.05, 3.63) is 95.6 Å². The van der Waals surface area contributed by atoms with E-state index in [1.54, 1.807) is 24.0 Å². The van der Waals surface area contributed by atoms with Gasteiger partial charge in [0.2, 0.25) is 5.95 Å². The Balaban J connectivity index is 1.63. The molecule has 0 saturated heterocycles. The highest BCUT2D eigenvalue weighted by atomic mass is 35.5. The lowest BCUT2D eigenvalue weighted by molar-refractivity contribution is 0.150. The lowest BCUT2D eigenvalue weighted by Crippen LogP contribution is -2.43. The summed E-state index contributed by atoms with van der Waals surface area (Å²) in [4.78, 5) is 33.9. The minimum atomic E-state index is -2.85. The Hall–Kier alpha value is -4.11. The molecular weight excluding hydrogens is 569 g/mol. The number of nitrogens with zero attached hydrogens (tertiary/aromatic N) is 6. The highest BCUT2D eigenvalue weighted by Crippen LogP contribution is 2.29. The van der Waals surface area contributed by atoms with Crippen LogP contribution in [0.1, 0.15) is 22.7 Å². The van der Waals surface area contributed by atoms with E-state index in [1.807, 2.05) is 0 Å². The number of benzene rings is 2. The zero-order valence-electron chi connectivity index (χ0n) is 19.6. The normalized spacial score (nSPS) is 11.6. The molecular formula is C23H15ClF5N7O2S. The Morgan fingerprint density at radius 2 is 1.74 bits per heavy atom. The maximum atomic E-state index is 14.5. The van der Waals surface area contributed by atoms with Crippen LogP contribution in [0.5, 0.6) is 0 Å². The SMILES string of the molecule is Cn1cc2cc(Nc3nc(=O)n(Cc4csc(C(F)F)n4)c(=O)n3Cc3cc(F)c(F)cc3F)c(Cl)cc2n1. The summed E-state index contributed by atoms with van der Waals surface area (Å²) < 4.78 is 70.8. The molecule has 0 fully saturated rings. The van der Waals surface area contributed by atoms with Gasteiger partial charge in [0.05, 0.1) is 35.0 Å². The lowest BCUT2D eigenvalue weighted by atomic mass is 10.2. The van der Waals surface area contributed by atoms with Gasteiger partial charge in [-0.3, -0.25) is 9.25 Å². The number of fused-ring (bicyclic) bond motifs is 1. The molecule has 0 atom stereocenters. The molecule has 2 aromatic carbocycles. The van der Waals surface area contributed by atoms with Crippen molar-refractivity contribution in [1.82, 2.24) is 28.9 Å². The molecule has 0 aliphatic carbocycles. The zero-order valence-corrected chi connectivity index (χ0v) is 21.2. The molecule has 3 aromatic heterocycles. The first-order valence-electron chi connectivity index (χ1n) is 11.0. The Morgan fingerprint density at radius 1 is 1.00 bits per heavy atom. The third kappa shape index (κ3) is 5.27. The molecule has 5 aromatic rings. The molecule has 0 amide bonds. The maximum Gasteiger partial charge on any atom is 0.355 e. The maximum absolute atomic E-state index is 14.5. The second-order valence-electron chi connectivity index (χ2n) is 8.33. The first kappa shape index (κ1) is 26.5. The van der Waals surface area contributed by atoms with Crippen LogP contribution in [0.4, 0.5) is 33.6 Å². The van der Waals surface area contributed by atoms with Gasteiger partial charge in [-0.2, -0.15) is 10.1 Å². The second-order valence-corrected chi connectivity index (χ2v) is 9.62. The lowest BCUT2D eigenvalue weighted by Gasteiger charge is -2.16. The molecule has 39 heavy (non-hydrogen) atoms. The van der Waals surface area contributed by atoms with Crippen LogP contribution < -0.4 is 16.7 Å². The number of aryl methyl sites for hydroxylation is 1. The predicted molar refractivity (Wildman–Crippen MR) is 133 cm³/mol. The molecule has 1 N–H and O–H groups in total. The number of anilines is 2. The molecule has 0 saturated carbocycles. The van der Waals surface area contributed by atoms with Crippen molar-refractivity contribution in [3.63, 3.8) is 0 Å². The van der Waals surface area contributed by atoms with Gasteiger partial charge < -0.3 is 5.32 Å². The molecule has 0 radical (unpaired) electrons. The number of rotatable bonds is 7. The number of aromatic nitrogens is 6. The number of alkyl halides is 2. The quantitative estimate of drug-likeness (QED) is 0.222. The first-order chi connectivity index (χ1) is 18.5. The standard InChI is InChI=1S/C23H15ClF5N7O2S/c1-34-6-11-3-18(13(24)4-17(11)33-34)31-21-32-22(37)36(8-12-9-39-20(30-12)19(28)29)23(38)35(21)7-10-2-15(26)16(27)5-14(10)25/h2-6,9,19H,7-8H2,1H3,(H,31,32,37). The van der Waals surface area contributed by atoms with Crippen molar-refractivity contribution in [2.24, 2.45) is 7.05 Å². The van der Waals surface area contributed by atoms with E-state index in [0.717, 1.165) is 4.57 Å². The largest absolute Gasteiger partial charge is 0.355 e. The van der Waals surface area contributed by atoms with Gasteiger partial charge in [-0.05, 0) is 18.2 Å². The monoisotopic (exact) mass is 583 g/mol. The minimum Gasteiger partial charge on any atom is -0.324 e. The summed E-state index contributed by atoms with van der Waals surface area (Å²) >= 11 is 7.00. The zero-order chi connectivity index (χ0) is 28.0. The molecule has 0 unspecified atom stereocenters. The molecule has 0 aliphatic rings. The van der Waals surface area contributed by atoms with E-state index < -0.39 is 58.9 Å². The predicted octanol–water partition coefficient (Wildman–Crippen LogP) is 4.60. The van der Waals surface area contributed by atoms with Crippen LogP contribution in [0.25, 0.3) is 10.9 Å². The average Bonchev–Trinajstić information content (AvgIpc) is 3.48. The van der Waals surface area contributed by atoms with Crippen molar-refractivity contribution in [3.8, 4) is 0 Å². The molecule has 0 spiro atoms. The van der Waals surface area contributed by atoms with E-state index in [9.17, 15) is 31.5 Å². The summed E-state index contributed by atoms with van der Waals surface area (Å²) in [5.74, 6) is -4.33. The average molecular weight is 584 g/mol. The summed E-state index contributed by atoms with van der Waals surface area (Å²) in [6, 6.07) is 3.99. The van der Waals surface area contributed by atoms with Crippen LogP contribution in [0, 0.1) is 17.5 Å². The summed E-state index contributed by atoms with van der Waals surface area (Å²) in [5, 5.41) is 8.54. The van der Waals surface area contributed by atoms with Gasteiger partial charge in [-0.1, -0.05) is 11.6 Å². The fraction of sp³-hybridized carbons (Fsp3) is 0.174. The Bertz CT molecular complexity index is 1850. The number of hydrogen-bond acceptors (Lipinski definition) is 7. The fourth-order valence-corrected chi connectivity index (χ4v) is 4.66. The Kier molecular flexibility index (Phi) is 6.94. The van der Waals surface area contributed by atoms with Crippen LogP contribution in [-0.2, 0) is 20.1 Å². The number of hydrogen-bond donors (Lipinski definition) is 1. The van der Waals surface area contributed by atoms with Gasteiger partial charge in [0, 0.05) is 35.6 Å². The fourth-order valence-electron chi connectivity index (χ4n) is 3.80. The molecule has 202 valence electrons. The Morgan fingerprint density at radius 3 is 2.46 bits per heavy atom. The number of halogens is 6. The van der Waals surface area contributed by atoms with Crippen molar-refractivity contribution in [1.29, 1.82) is 0 Å². The molecule has 0 aliphatic heterocycles. The summed E-state index contributed by atoms with van der Waals surface area (Å²) in [6.45, 7) is -1.19. The highest BCUT2D eigenvalue weighted by Gasteiger charge is 2.20. The molecule has 3 heterocycles. The topological polar surface area (TPSA) is 99.6 Å². The number of nitrogens with one attached hydrogen (secondary N) is 1. The van der Waals surface area contributed by atoms with Gasteiger partial charge >= 0.3 is 11.4 Å². The number of thiazole rings is 1. The molecule has 5 rings (SSSR count). The van der Waals surface area contributed by atoms with Crippen LogP contribution in [0.3, 0.4) is 0 Å². The van der Waals surface area contributed by atoms with Gasteiger partial charge in [-0.25, -0.2) is 41.1 Å². The molecule has 16 heteroatoms. The first-order valence-corrected chi connectivity index (χ1v) is 12.2. The van der Waals surface area contributed by atoms with E-state index in [4.69, 9.17) is 11.6 Å². The third-order valence-corrected chi connectivity index (χ3v) is 6.81. The molecule has 0 bridgehead atoms. The summed E-state index contributed by atoms with van der Waals surface area (Å²) in [6.07, 6.45) is -1.16. The Labute approximate surface area is 223 Å². The van der Waals surface area contributed by atoms with Crippen molar-refractivity contribution in [2.45, 2.75) is 19.5 Å². The second kappa shape index (κ2) is 10.2. The van der Waals surface area contributed by atoms with Gasteiger partial charge in [0.25, 0.3) is 6.43 Å². The van der Waals surface area contributed by atoms with Crippen molar-refractivity contribution < 1.29 is 22.0 Å². The van der Waals surface area contributed by atoms with Crippen LogP contribution in [-0.4, -0.2) is 28.9 Å². The highest BCUT2D eigenvalue weighted by molar-refractivity contribution is 7.09. The van der Waals surface area contributed by atoms with Crippen LogP contribution in [0.15, 0.2) is 45.4 Å². The van der Waals surface area contributed by atoms with E-state index in [0.29, 0.717) is 38.9 Å². The van der Waals surface area contributed by atoms with Gasteiger partial charge in [-0.15, -0.1) is 11.3 Å². The van der Waals surface area contributed by atoms with E-state index in [2.05, 4.69) is 20.4 Å². The van der Waals surface area contributed by atoms with Gasteiger partial charge in [0.15, 0.2) is 16.6 Å². The third-order valence-electron chi connectivity index (χ3n) is 5.60. The van der Waals surface area contributed by atoms with Crippen LogP contribution in [0.2, 0.25) is 5.02 Å². The minimum absolute atomic E-state index is 0.00681. The van der Waals surface area contributed by atoms with Crippen molar-refractivity contribution in [2.75, 3.05) is 5.32 Å². The summed E-state index contributed by atoms with van der Waals surface area (Å²) in [7, 11) is 1.70. The van der Waals surface area contributed by atoms with E-state index in [-0.39, 0.29) is 22.4 Å². The summed E-state index contributed by atoms with van der Waals surface area (Å²) in [5.41, 5.74) is -1.78. The molecule has 9 nitrogen and oxygen atoms in total. The van der Waals surface area contributed by atoms with Crippen LogP contribution >= 0.6 is 22.9 Å². The van der Waals surface area contributed by atoms with E-state index >= 15 is 0 Å².